The number of carbonyl (C=O) groups excluding carboxylic acids is 1. The SMILES string of the molecule is Cl.Nc1cccc(CN2CCN(C(=O)c3ccc(Br)cc3)CC2)c1. The second-order valence-electron chi connectivity index (χ2n) is 5.82. The highest BCUT2D eigenvalue weighted by molar-refractivity contribution is 9.10. The van der Waals surface area contributed by atoms with Gasteiger partial charge in [-0.2, -0.15) is 0 Å². The van der Waals surface area contributed by atoms with E-state index in [2.05, 4.69) is 26.9 Å². The van der Waals surface area contributed by atoms with Crippen molar-refractivity contribution in [1.29, 1.82) is 0 Å². The lowest BCUT2D eigenvalue weighted by Crippen LogP contribution is -2.48. The van der Waals surface area contributed by atoms with E-state index < -0.39 is 0 Å². The second-order valence-corrected chi connectivity index (χ2v) is 6.74. The molecule has 24 heavy (non-hydrogen) atoms. The summed E-state index contributed by atoms with van der Waals surface area (Å²) in [5.74, 6) is 0.112. The monoisotopic (exact) mass is 409 g/mol. The minimum Gasteiger partial charge on any atom is -0.399 e. The zero-order chi connectivity index (χ0) is 16.2. The highest BCUT2D eigenvalue weighted by atomic mass is 79.9. The number of carbonyl (C=O) groups is 1. The first-order valence-corrected chi connectivity index (χ1v) is 8.53. The van der Waals surface area contributed by atoms with Gasteiger partial charge >= 0.3 is 0 Å². The lowest BCUT2D eigenvalue weighted by molar-refractivity contribution is 0.0628. The first-order chi connectivity index (χ1) is 11.1. The molecule has 6 heteroatoms. The number of piperazine rings is 1. The predicted octanol–water partition coefficient (Wildman–Crippen LogP) is 3.41. The third-order valence-electron chi connectivity index (χ3n) is 4.11. The minimum atomic E-state index is 0. The first kappa shape index (κ1) is 18.8. The van der Waals surface area contributed by atoms with Crippen LogP contribution in [0.4, 0.5) is 5.69 Å². The van der Waals surface area contributed by atoms with E-state index in [-0.39, 0.29) is 18.3 Å². The van der Waals surface area contributed by atoms with E-state index in [1.54, 1.807) is 0 Å². The number of hydrogen-bond donors (Lipinski definition) is 1. The van der Waals surface area contributed by atoms with E-state index in [1.807, 2.05) is 47.4 Å². The van der Waals surface area contributed by atoms with E-state index in [0.29, 0.717) is 0 Å². The topological polar surface area (TPSA) is 49.6 Å². The van der Waals surface area contributed by atoms with Crippen molar-refractivity contribution in [3.63, 3.8) is 0 Å². The summed E-state index contributed by atoms with van der Waals surface area (Å²) in [6.45, 7) is 4.17. The van der Waals surface area contributed by atoms with E-state index in [4.69, 9.17) is 5.73 Å². The fourth-order valence-corrected chi connectivity index (χ4v) is 3.10. The molecule has 0 bridgehead atoms. The molecule has 0 radical (unpaired) electrons. The molecule has 0 spiro atoms. The van der Waals surface area contributed by atoms with Crippen LogP contribution in [0.2, 0.25) is 0 Å². The van der Waals surface area contributed by atoms with Crippen LogP contribution >= 0.6 is 28.3 Å². The summed E-state index contributed by atoms with van der Waals surface area (Å²) in [5, 5.41) is 0. The molecule has 2 aromatic carbocycles. The molecule has 0 atom stereocenters. The Morgan fingerprint density at radius 2 is 1.71 bits per heavy atom. The van der Waals surface area contributed by atoms with Crippen molar-refractivity contribution in [2.45, 2.75) is 6.54 Å². The normalized spacial score (nSPS) is 15.0. The van der Waals surface area contributed by atoms with Crippen LogP contribution in [0.25, 0.3) is 0 Å². The number of hydrogen-bond acceptors (Lipinski definition) is 3. The van der Waals surface area contributed by atoms with Crippen LogP contribution in [0.5, 0.6) is 0 Å². The summed E-state index contributed by atoms with van der Waals surface area (Å²) >= 11 is 3.39. The molecule has 4 nitrogen and oxygen atoms in total. The van der Waals surface area contributed by atoms with Gasteiger partial charge in [0.25, 0.3) is 5.91 Å². The fraction of sp³-hybridized carbons (Fsp3) is 0.278. The third-order valence-corrected chi connectivity index (χ3v) is 4.64. The van der Waals surface area contributed by atoms with Gasteiger partial charge in [-0.1, -0.05) is 28.1 Å². The van der Waals surface area contributed by atoms with Crippen LogP contribution in [0.15, 0.2) is 53.0 Å². The Morgan fingerprint density at radius 3 is 2.33 bits per heavy atom. The van der Waals surface area contributed by atoms with Crippen LogP contribution in [-0.4, -0.2) is 41.9 Å². The Morgan fingerprint density at radius 1 is 1.04 bits per heavy atom. The van der Waals surface area contributed by atoms with Gasteiger partial charge in [-0.15, -0.1) is 12.4 Å². The first-order valence-electron chi connectivity index (χ1n) is 7.73. The maximum atomic E-state index is 12.5. The van der Waals surface area contributed by atoms with Gasteiger partial charge in [0.1, 0.15) is 0 Å². The molecule has 0 aliphatic carbocycles. The molecule has 1 aliphatic heterocycles. The molecule has 0 saturated carbocycles. The van der Waals surface area contributed by atoms with Crippen molar-refractivity contribution < 1.29 is 4.79 Å². The Labute approximate surface area is 157 Å². The van der Waals surface area contributed by atoms with Crippen molar-refractivity contribution in [2.24, 2.45) is 0 Å². The number of nitrogens with zero attached hydrogens (tertiary/aromatic N) is 2. The van der Waals surface area contributed by atoms with Gasteiger partial charge in [0, 0.05) is 48.4 Å². The van der Waals surface area contributed by atoms with Crippen LogP contribution in [0.3, 0.4) is 0 Å². The molecule has 0 aromatic heterocycles. The molecule has 0 unspecified atom stereocenters. The van der Waals surface area contributed by atoms with Crippen LogP contribution in [0.1, 0.15) is 15.9 Å². The minimum absolute atomic E-state index is 0. The number of rotatable bonds is 3. The predicted molar refractivity (Wildman–Crippen MR) is 103 cm³/mol. The Hall–Kier alpha value is -1.56. The smallest absolute Gasteiger partial charge is 0.253 e. The standard InChI is InChI=1S/C18H20BrN3O.ClH/c19-16-6-4-15(5-7-16)18(23)22-10-8-21(9-11-22)13-14-2-1-3-17(20)12-14;/h1-7,12H,8-11,13,20H2;1H. The van der Waals surface area contributed by atoms with Crippen molar-refractivity contribution in [3.05, 3.63) is 64.1 Å². The maximum Gasteiger partial charge on any atom is 0.253 e. The second kappa shape index (κ2) is 8.51. The number of benzene rings is 2. The number of anilines is 1. The lowest BCUT2D eigenvalue weighted by Gasteiger charge is -2.34. The molecular formula is C18H21BrClN3O. The molecule has 2 aromatic rings. The number of nitrogen functional groups attached to an aromatic ring is 1. The van der Waals surface area contributed by atoms with Gasteiger partial charge in [0.15, 0.2) is 0 Å². The number of halogens is 2. The van der Waals surface area contributed by atoms with Crippen molar-refractivity contribution in [1.82, 2.24) is 9.80 Å². The van der Waals surface area contributed by atoms with Crippen LogP contribution in [-0.2, 0) is 6.54 Å². The van der Waals surface area contributed by atoms with Gasteiger partial charge in [0.2, 0.25) is 0 Å². The molecular weight excluding hydrogens is 390 g/mol. The van der Waals surface area contributed by atoms with Crippen molar-refractivity contribution >= 4 is 39.9 Å². The quantitative estimate of drug-likeness (QED) is 0.789. The largest absolute Gasteiger partial charge is 0.399 e. The van der Waals surface area contributed by atoms with Crippen LogP contribution < -0.4 is 5.73 Å². The summed E-state index contributed by atoms with van der Waals surface area (Å²) in [6, 6.07) is 15.5. The summed E-state index contributed by atoms with van der Waals surface area (Å²) < 4.78 is 0.987. The highest BCUT2D eigenvalue weighted by Crippen LogP contribution is 2.15. The lowest BCUT2D eigenvalue weighted by atomic mass is 10.1. The molecule has 128 valence electrons. The third kappa shape index (κ3) is 4.72. The summed E-state index contributed by atoms with van der Waals surface area (Å²) in [7, 11) is 0. The number of nitrogens with two attached hydrogens (primary N) is 1. The summed E-state index contributed by atoms with van der Waals surface area (Å²) in [6.07, 6.45) is 0. The van der Waals surface area contributed by atoms with E-state index in [9.17, 15) is 4.79 Å². The van der Waals surface area contributed by atoms with Gasteiger partial charge in [-0.05, 0) is 42.0 Å². The van der Waals surface area contributed by atoms with E-state index >= 15 is 0 Å². The molecule has 1 saturated heterocycles. The average molecular weight is 411 g/mol. The summed E-state index contributed by atoms with van der Waals surface area (Å²) in [4.78, 5) is 16.8. The average Bonchev–Trinajstić information content (AvgIpc) is 2.56. The van der Waals surface area contributed by atoms with Gasteiger partial charge < -0.3 is 10.6 Å². The highest BCUT2D eigenvalue weighted by Gasteiger charge is 2.22. The van der Waals surface area contributed by atoms with Crippen LogP contribution in [0, 0.1) is 0 Å². The zero-order valence-electron chi connectivity index (χ0n) is 13.3. The fourth-order valence-electron chi connectivity index (χ4n) is 2.83. The van der Waals surface area contributed by atoms with Crippen molar-refractivity contribution in [2.75, 3.05) is 31.9 Å². The Balaban J connectivity index is 0.00000208. The molecule has 1 fully saturated rings. The maximum absolute atomic E-state index is 12.5. The summed E-state index contributed by atoms with van der Waals surface area (Å²) in [5.41, 5.74) is 8.59. The molecule has 2 N–H and O–H groups in total. The van der Waals surface area contributed by atoms with E-state index in [0.717, 1.165) is 48.4 Å². The molecule has 1 amide bonds. The van der Waals surface area contributed by atoms with Gasteiger partial charge in [-0.25, -0.2) is 0 Å². The Kier molecular flexibility index (Phi) is 6.66. The van der Waals surface area contributed by atoms with Crippen molar-refractivity contribution in [3.8, 4) is 0 Å². The zero-order valence-corrected chi connectivity index (χ0v) is 15.7. The molecule has 3 rings (SSSR count). The van der Waals surface area contributed by atoms with E-state index in [1.165, 1.54) is 5.56 Å². The molecule has 1 heterocycles. The van der Waals surface area contributed by atoms with Gasteiger partial charge in [-0.3, -0.25) is 9.69 Å². The molecule has 1 aliphatic rings. The number of amides is 1. The Bertz CT molecular complexity index is 685. The van der Waals surface area contributed by atoms with Gasteiger partial charge in [0.05, 0.1) is 0 Å².